The largest absolute Gasteiger partial charge is 0.462 e. The van der Waals surface area contributed by atoms with E-state index in [1.54, 1.807) is 59.7 Å². The van der Waals surface area contributed by atoms with Crippen molar-refractivity contribution in [1.82, 2.24) is 15.2 Å². The van der Waals surface area contributed by atoms with Crippen molar-refractivity contribution < 1.29 is 37.1 Å². The average molecular weight is 665 g/mol. The number of esters is 1. The van der Waals surface area contributed by atoms with Gasteiger partial charge in [-0.3, -0.25) is 14.4 Å². The number of thiazole rings is 1. The molecule has 9 nitrogen and oxygen atoms in total. The van der Waals surface area contributed by atoms with Crippen LogP contribution in [0.25, 0.3) is 11.1 Å². The predicted octanol–water partition coefficient (Wildman–Crippen LogP) is 6.39. The summed E-state index contributed by atoms with van der Waals surface area (Å²) in [5.41, 5.74) is 1.38. The number of hydrogen-bond donors (Lipinski definition) is 2. The van der Waals surface area contributed by atoms with Crippen molar-refractivity contribution in [3.63, 3.8) is 0 Å². The Balaban J connectivity index is 1.15. The number of halogens is 3. The van der Waals surface area contributed by atoms with Crippen LogP contribution in [0.4, 0.5) is 18.9 Å². The van der Waals surface area contributed by atoms with Gasteiger partial charge in [-0.1, -0.05) is 42.5 Å². The maximum Gasteiger partial charge on any atom is 0.416 e. The van der Waals surface area contributed by atoms with Gasteiger partial charge >= 0.3 is 12.1 Å². The van der Waals surface area contributed by atoms with Gasteiger partial charge in [-0.15, -0.1) is 11.3 Å². The minimum absolute atomic E-state index is 0.0263. The highest BCUT2D eigenvalue weighted by atomic mass is 32.1. The van der Waals surface area contributed by atoms with E-state index in [0.29, 0.717) is 42.6 Å². The van der Waals surface area contributed by atoms with Gasteiger partial charge in [0.15, 0.2) is 0 Å². The van der Waals surface area contributed by atoms with Crippen LogP contribution in [0, 0.1) is 0 Å². The molecular weight excluding hydrogens is 633 g/mol. The number of hydrogen-bond acceptors (Lipinski definition) is 7. The number of piperidine rings is 1. The number of amides is 3. The van der Waals surface area contributed by atoms with E-state index in [1.807, 2.05) is 0 Å². The number of nitrogens with zero attached hydrogens (tertiary/aromatic N) is 2. The lowest BCUT2D eigenvalue weighted by Crippen LogP contribution is -2.38. The number of carbonyl (C=O) groups is 4. The second-order valence-electron chi connectivity index (χ2n) is 10.8. The van der Waals surface area contributed by atoms with Crippen molar-refractivity contribution >= 4 is 40.7 Å². The molecule has 5 rings (SSSR count). The number of likely N-dealkylation sites (tertiary alicyclic amines) is 1. The van der Waals surface area contributed by atoms with Gasteiger partial charge in [0.25, 0.3) is 11.8 Å². The minimum Gasteiger partial charge on any atom is -0.462 e. The van der Waals surface area contributed by atoms with E-state index in [2.05, 4.69) is 15.6 Å². The zero-order chi connectivity index (χ0) is 33.6. The highest BCUT2D eigenvalue weighted by Crippen LogP contribution is 2.34. The summed E-state index contributed by atoms with van der Waals surface area (Å²) < 4.78 is 44.1. The number of carbonyl (C=O) groups excluding carboxylic acids is 4. The molecule has 0 atom stereocenters. The molecule has 2 heterocycles. The molecule has 2 N–H and O–H groups in total. The molecule has 3 aromatic carbocycles. The number of aromatic nitrogens is 1. The number of para-hydroxylation sites is 1. The van der Waals surface area contributed by atoms with Gasteiger partial charge in [0, 0.05) is 30.0 Å². The molecule has 4 aromatic rings. The summed E-state index contributed by atoms with van der Waals surface area (Å²) in [6.07, 6.45) is -3.21. The Morgan fingerprint density at radius 2 is 1.60 bits per heavy atom. The van der Waals surface area contributed by atoms with Crippen LogP contribution in [-0.4, -0.2) is 59.8 Å². The van der Waals surface area contributed by atoms with E-state index in [9.17, 15) is 32.3 Å². The molecule has 13 heteroatoms. The van der Waals surface area contributed by atoms with Crippen molar-refractivity contribution in [2.24, 2.45) is 0 Å². The Morgan fingerprint density at radius 1 is 0.936 bits per heavy atom. The van der Waals surface area contributed by atoms with Crippen LogP contribution in [-0.2, 0) is 15.7 Å². The van der Waals surface area contributed by atoms with Crippen molar-refractivity contribution in [2.45, 2.75) is 31.9 Å². The van der Waals surface area contributed by atoms with Crippen molar-refractivity contribution in [2.75, 3.05) is 31.6 Å². The summed E-state index contributed by atoms with van der Waals surface area (Å²) in [5.74, 6) is -1.79. The van der Waals surface area contributed by atoms with Crippen LogP contribution in [0.15, 0.2) is 78.2 Å². The minimum atomic E-state index is -4.45. The standard InChI is InChI=1S/C34H31F3N4O5S/c1-2-46-33(45)26-9-5-6-10-27(26)39-29(42)19-38-30(43)28-20-47-31(40-28)22-15-17-41(18-16-22)32(44)25-8-4-3-7-24(25)21-11-13-23(14-12-21)34(35,36)37/h3-14,20,22H,2,15-19H2,1H3,(H,38,43)(H,39,42). The van der Waals surface area contributed by atoms with Gasteiger partial charge in [0.2, 0.25) is 5.91 Å². The predicted molar refractivity (Wildman–Crippen MR) is 170 cm³/mol. The lowest BCUT2D eigenvalue weighted by atomic mass is 9.94. The molecule has 244 valence electrons. The van der Waals surface area contributed by atoms with Gasteiger partial charge in [0.1, 0.15) is 5.69 Å². The number of benzene rings is 3. The Bertz CT molecular complexity index is 1770. The molecule has 3 amide bonds. The summed E-state index contributed by atoms with van der Waals surface area (Å²) in [6.45, 7) is 2.42. The SMILES string of the molecule is CCOC(=O)c1ccccc1NC(=O)CNC(=O)c1csc(C2CCN(C(=O)c3ccccc3-c3ccc(C(F)(F)F)cc3)CC2)n1. The molecular formula is C34H31F3N4O5S. The summed E-state index contributed by atoms with van der Waals surface area (Å²) in [5, 5.41) is 7.53. The summed E-state index contributed by atoms with van der Waals surface area (Å²) in [4.78, 5) is 57.1. The highest BCUT2D eigenvalue weighted by Gasteiger charge is 2.31. The quantitative estimate of drug-likeness (QED) is 0.200. The molecule has 0 bridgehead atoms. The first-order valence-electron chi connectivity index (χ1n) is 14.9. The Labute approximate surface area is 272 Å². The number of alkyl halides is 3. The Kier molecular flexibility index (Phi) is 10.3. The zero-order valence-electron chi connectivity index (χ0n) is 25.3. The first kappa shape index (κ1) is 33.3. The van der Waals surface area contributed by atoms with Crippen molar-refractivity contribution in [3.05, 3.63) is 106 Å². The maximum atomic E-state index is 13.5. The van der Waals surface area contributed by atoms with Crippen LogP contribution in [0.1, 0.15) is 67.5 Å². The van der Waals surface area contributed by atoms with Gasteiger partial charge in [-0.05, 0) is 61.2 Å². The van der Waals surface area contributed by atoms with Gasteiger partial charge in [-0.2, -0.15) is 13.2 Å². The lowest BCUT2D eigenvalue weighted by Gasteiger charge is -2.31. The van der Waals surface area contributed by atoms with Crippen molar-refractivity contribution in [3.8, 4) is 11.1 Å². The van der Waals surface area contributed by atoms with E-state index < -0.39 is 29.5 Å². The second kappa shape index (κ2) is 14.6. The zero-order valence-corrected chi connectivity index (χ0v) is 26.1. The monoisotopic (exact) mass is 664 g/mol. The Hall–Kier alpha value is -5.04. The van der Waals surface area contributed by atoms with E-state index in [-0.39, 0.29) is 41.9 Å². The van der Waals surface area contributed by atoms with Gasteiger partial charge in [-0.25, -0.2) is 9.78 Å². The molecule has 1 saturated heterocycles. The third-order valence-electron chi connectivity index (χ3n) is 7.67. The molecule has 0 unspecified atom stereocenters. The van der Waals surface area contributed by atoms with Crippen LogP contribution < -0.4 is 10.6 Å². The Morgan fingerprint density at radius 3 is 2.28 bits per heavy atom. The van der Waals surface area contributed by atoms with Crippen molar-refractivity contribution in [1.29, 1.82) is 0 Å². The number of ether oxygens (including phenoxy) is 1. The fourth-order valence-corrected chi connectivity index (χ4v) is 6.24. The summed E-state index contributed by atoms with van der Waals surface area (Å²) in [6, 6.07) is 18.0. The summed E-state index contributed by atoms with van der Waals surface area (Å²) in [7, 11) is 0. The molecule has 1 aliphatic rings. The molecule has 0 spiro atoms. The molecule has 1 aliphatic heterocycles. The molecule has 47 heavy (non-hydrogen) atoms. The second-order valence-corrected chi connectivity index (χ2v) is 11.6. The van der Waals surface area contributed by atoms with Gasteiger partial charge in [0.05, 0.1) is 35.0 Å². The topological polar surface area (TPSA) is 118 Å². The summed E-state index contributed by atoms with van der Waals surface area (Å²) >= 11 is 1.33. The molecule has 1 fully saturated rings. The van der Waals surface area contributed by atoms with Crippen LogP contribution in [0.2, 0.25) is 0 Å². The molecule has 1 aromatic heterocycles. The van der Waals surface area contributed by atoms with Gasteiger partial charge < -0.3 is 20.3 Å². The van der Waals surface area contributed by atoms with E-state index in [4.69, 9.17) is 4.74 Å². The first-order chi connectivity index (χ1) is 22.5. The molecule has 0 radical (unpaired) electrons. The van der Waals surface area contributed by atoms with E-state index >= 15 is 0 Å². The third-order valence-corrected chi connectivity index (χ3v) is 8.68. The van der Waals surface area contributed by atoms with Crippen LogP contribution in [0.5, 0.6) is 0 Å². The molecule has 0 aliphatic carbocycles. The first-order valence-corrected chi connectivity index (χ1v) is 15.8. The average Bonchev–Trinajstić information content (AvgIpc) is 3.58. The fourth-order valence-electron chi connectivity index (χ4n) is 5.26. The fraction of sp³-hybridized carbons (Fsp3) is 0.265. The number of nitrogens with one attached hydrogen (secondary N) is 2. The maximum absolute atomic E-state index is 13.5. The van der Waals surface area contributed by atoms with Crippen LogP contribution >= 0.6 is 11.3 Å². The molecule has 0 saturated carbocycles. The smallest absolute Gasteiger partial charge is 0.416 e. The number of anilines is 1. The van der Waals surface area contributed by atoms with E-state index in [1.165, 1.54) is 29.5 Å². The van der Waals surface area contributed by atoms with E-state index in [0.717, 1.165) is 17.1 Å². The normalized spacial score (nSPS) is 13.6. The van der Waals surface area contributed by atoms with Crippen LogP contribution in [0.3, 0.4) is 0 Å². The lowest BCUT2D eigenvalue weighted by molar-refractivity contribution is -0.137. The highest BCUT2D eigenvalue weighted by molar-refractivity contribution is 7.09. The number of rotatable bonds is 9. The third kappa shape index (κ3) is 8.04.